The van der Waals surface area contributed by atoms with Crippen molar-refractivity contribution in [2.75, 3.05) is 25.7 Å². The fourth-order valence-corrected chi connectivity index (χ4v) is 3.57. The Kier molecular flexibility index (Phi) is 4.65. The van der Waals surface area contributed by atoms with Crippen LogP contribution in [0.5, 0.6) is 11.5 Å². The number of amides is 1. The highest BCUT2D eigenvalue weighted by Crippen LogP contribution is 2.27. The van der Waals surface area contributed by atoms with Crippen LogP contribution in [0.1, 0.15) is 12.5 Å². The summed E-state index contributed by atoms with van der Waals surface area (Å²) >= 11 is 0. The van der Waals surface area contributed by atoms with Crippen molar-refractivity contribution >= 4 is 16.7 Å². The zero-order valence-corrected chi connectivity index (χ0v) is 12.7. The molecule has 1 aromatic rings. The highest BCUT2D eigenvalue weighted by atomic mass is 32.2. The topological polar surface area (TPSA) is 55.8 Å². The molecule has 1 amide bonds. The Hall–Kier alpha value is -1.56. The predicted octanol–water partition coefficient (Wildman–Crippen LogP) is 1.18. The third-order valence-electron chi connectivity index (χ3n) is 3.40. The van der Waals surface area contributed by atoms with Gasteiger partial charge in [0.1, 0.15) is 17.3 Å². The summed E-state index contributed by atoms with van der Waals surface area (Å²) in [5.41, 5.74) is 0.918. The lowest BCUT2D eigenvalue weighted by molar-refractivity contribution is -0.131. The van der Waals surface area contributed by atoms with Crippen LogP contribution in [0.4, 0.5) is 0 Å². The molecule has 1 aliphatic rings. The molecule has 0 saturated carbocycles. The van der Waals surface area contributed by atoms with Crippen LogP contribution in [0.15, 0.2) is 18.2 Å². The number of carbonyl (C=O) groups excluding carboxylic acids is 1. The largest absolute Gasteiger partial charge is 0.497 e. The van der Waals surface area contributed by atoms with Crippen molar-refractivity contribution in [3.63, 3.8) is 0 Å². The van der Waals surface area contributed by atoms with Gasteiger partial charge in [0.15, 0.2) is 0 Å². The molecule has 0 radical (unpaired) electrons. The summed E-state index contributed by atoms with van der Waals surface area (Å²) < 4.78 is 22.0. The highest BCUT2D eigenvalue weighted by molar-refractivity contribution is 7.85. The molecule has 1 heterocycles. The molecule has 1 fully saturated rings. The van der Waals surface area contributed by atoms with E-state index in [2.05, 4.69) is 0 Å². The van der Waals surface area contributed by atoms with Crippen molar-refractivity contribution in [3.05, 3.63) is 23.8 Å². The minimum Gasteiger partial charge on any atom is -0.497 e. The van der Waals surface area contributed by atoms with E-state index in [1.54, 1.807) is 25.2 Å². The van der Waals surface area contributed by atoms with Gasteiger partial charge in [-0.25, -0.2) is 0 Å². The van der Waals surface area contributed by atoms with E-state index in [0.29, 0.717) is 23.8 Å². The Balaban J connectivity index is 2.20. The predicted molar refractivity (Wildman–Crippen MR) is 77.4 cm³/mol. The molecule has 2 atom stereocenters. The first kappa shape index (κ1) is 14.8. The Morgan fingerprint density at radius 3 is 2.70 bits per heavy atom. The Morgan fingerprint density at radius 2 is 2.10 bits per heavy atom. The molecule has 110 valence electrons. The summed E-state index contributed by atoms with van der Waals surface area (Å²) in [6.45, 7) is 2.38. The smallest absolute Gasteiger partial charge is 0.235 e. The molecule has 0 spiro atoms. The molecule has 0 bridgehead atoms. The Labute approximate surface area is 121 Å². The van der Waals surface area contributed by atoms with E-state index in [4.69, 9.17) is 9.47 Å². The molecule has 20 heavy (non-hydrogen) atoms. The zero-order chi connectivity index (χ0) is 14.7. The van der Waals surface area contributed by atoms with E-state index in [0.717, 1.165) is 5.56 Å². The quantitative estimate of drug-likeness (QED) is 0.837. The average molecular weight is 297 g/mol. The second-order valence-electron chi connectivity index (χ2n) is 4.80. The van der Waals surface area contributed by atoms with Crippen LogP contribution < -0.4 is 9.47 Å². The van der Waals surface area contributed by atoms with Gasteiger partial charge in [-0.05, 0) is 19.1 Å². The van der Waals surface area contributed by atoms with Crippen molar-refractivity contribution in [3.8, 4) is 11.5 Å². The molecule has 2 rings (SSSR count). The number of hydrogen-bond donors (Lipinski definition) is 0. The molecule has 0 aliphatic carbocycles. The van der Waals surface area contributed by atoms with Gasteiger partial charge in [-0.2, -0.15) is 0 Å². The molecule has 1 saturated heterocycles. The summed E-state index contributed by atoms with van der Waals surface area (Å²) in [5, 5.41) is 0. The Bertz CT molecular complexity index is 532. The van der Waals surface area contributed by atoms with Crippen molar-refractivity contribution in [1.82, 2.24) is 4.90 Å². The third kappa shape index (κ3) is 3.12. The Morgan fingerprint density at radius 1 is 1.35 bits per heavy atom. The molecular weight excluding hydrogens is 278 g/mol. The van der Waals surface area contributed by atoms with Gasteiger partial charge in [0.2, 0.25) is 5.91 Å². The average Bonchev–Trinajstić information content (AvgIpc) is 2.42. The van der Waals surface area contributed by atoms with Crippen LogP contribution in [-0.4, -0.2) is 46.8 Å². The van der Waals surface area contributed by atoms with Crippen molar-refractivity contribution < 1.29 is 18.5 Å². The second kappa shape index (κ2) is 6.26. The van der Waals surface area contributed by atoms with E-state index in [1.807, 2.05) is 19.1 Å². The van der Waals surface area contributed by atoms with E-state index < -0.39 is 10.8 Å². The zero-order valence-electron chi connectivity index (χ0n) is 11.9. The lowest BCUT2D eigenvalue weighted by Gasteiger charge is -2.33. The summed E-state index contributed by atoms with van der Waals surface area (Å²) in [4.78, 5) is 13.8. The van der Waals surface area contributed by atoms with Gasteiger partial charge in [-0.1, -0.05) is 0 Å². The summed E-state index contributed by atoms with van der Waals surface area (Å²) in [6.07, 6.45) is 0. The molecule has 2 unspecified atom stereocenters. The summed E-state index contributed by atoms with van der Waals surface area (Å²) in [5.74, 6) is 1.98. The maximum atomic E-state index is 12.0. The molecule has 0 N–H and O–H groups in total. The number of ether oxygens (including phenoxy) is 2. The standard InChI is InChI=1S/C14H19NO4S/c1-10-8-20(17)9-14(16)15(10)7-11-4-5-12(18-2)6-13(11)19-3/h4-6,10H,7-9H2,1-3H3. The van der Waals surface area contributed by atoms with E-state index in [-0.39, 0.29) is 17.7 Å². The van der Waals surface area contributed by atoms with Crippen LogP contribution in [0.3, 0.4) is 0 Å². The fourth-order valence-electron chi connectivity index (χ4n) is 2.29. The second-order valence-corrected chi connectivity index (χ2v) is 6.30. The lowest BCUT2D eigenvalue weighted by atomic mass is 10.1. The summed E-state index contributed by atoms with van der Waals surface area (Å²) in [6, 6.07) is 5.51. The minimum absolute atomic E-state index is 0.0242. The van der Waals surface area contributed by atoms with Gasteiger partial charge < -0.3 is 14.4 Å². The number of carbonyl (C=O) groups is 1. The first-order valence-corrected chi connectivity index (χ1v) is 7.89. The maximum Gasteiger partial charge on any atom is 0.235 e. The van der Waals surface area contributed by atoms with Gasteiger partial charge in [0.05, 0.1) is 14.2 Å². The molecule has 5 nitrogen and oxygen atoms in total. The van der Waals surface area contributed by atoms with Crippen LogP contribution in [0, 0.1) is 0 Å². The normalized spacial score (nSPS) is 22.8. The van der Waals surface area contributed by atoms with E-state index in [1.165, 1.54) is 0 Å². The number of methoxy groups -OCH3 is 2. The number of benzene rings is 1. The van der Waals surface area contributed by atoms with E-state index >= 15 is 0 Å². The van der Waals surface area contributed by atoms with Crippen molar-refractivity contribution in [1.29, 1.82) is 0 Å². The maximum absolute atomic E-state index is 12.0. The van der Waals surface area contributed by atoms with Crippen LogP contribution in [0.2, 0.25) is 0 Å². The van der Waals surface area contributed by atoms with Gasteiger partial charge >= 0.3 is 0 Å². The highest BCUT2D eigenvalue weighted by Gasteiger charge is 2.29. The minimum atomic E-state index is -1.03. The van der Waals surface area contributed by atoms with E-state index in [9.17, 15) is 9.00 Å². The first-order valence-electron chi connectivity index (χ1n) is 6.40. The molecule has 0 aromatic heterocycles. The number of nitrogens with zero attached hydrogens (tertiary/aromatic N) is 1. The van der Waals surface area contributed by atoms with Crippen LogP contribution in [0.25, 0.3) is 0 Å². The first-order chi connectivity index (χ1) is 9.55. The van der Waals surface area contributed by atoms with Gasteiger partial charge in [0, 0.05) is 40.8 Å². The number of hydrogen-bond acceptors (Lipinski definition) is 4. The molecule has 1 aromatic carbocycles. The SMILES string of the molecule is COc1ccc(CN2C(=O)CS(=O)CC2C)c(OC)c1. The lowest BCUT2D eigenvalue weighted by Crippen LogP contribution is -2.48. The fraction of sp³-hybridized carbons (Fsp3) is 0.500. The number of rotatable bonds is 4. The van der Waals surface area contributed by atoms with Crippen LogP contribution >= 0.6 is 0 Å². The summed E-state index contributed by atoms with van der Waals surface area (Å²) in [7, 11) is 2.16. The van der Waals surface area contributed by atoms with Crippen molar-refractivity contribution in [2.45, 2.75) is 19.5 Å². The van der Waals surface area contributed by atoms with Gasteiger partial charge in [0.25, 0.3) is 0 Å². The molecule has 6 heteroatoms. The van der Waals surface area contributed by atoms with Gasteiger partial charge in [-0.15, -0.1) is 0 Å². The van der Waals surface area contributed by atoms with Crippen LogP contribution in [-0.2, 0) is 22.1 Å². The molecule has 1 aliphatic heterocycles. The van der Waals surface area contributed by atoms with Gasteiger partial charge in [-0.3, -0.25) is 9.00 Å². The van der Waals surface area contributed by atoms with Crippen molar-refractivity contribution in [2.24, 2.45) is 0 Å². The molecular formula is C14H19NO4S. The third-order valence-corrected chi connectivity index (χ3v) is 4.82. The monoisotopic (exact) mass is 297 g/mol.